The lowest BCUT2D eigenvalue weighted by atomic mass is 10.2. The summed E-state index contributed by atoms with van der Waals surface area (Å²) in [5, 5.41) is 11.6. The minimum atomic E-state index is 0.645. The van der Waals surface area contributed by atoms with E-state index < -0.39 is 0 Å². The van der Waals surface area contributed by atoms with E-state index in [2.05, 4.69) is 15.6 Å². The molecule has 0 amide bonds. The molecule has 0 bridgehead atoms. The fourth-order valence-electron chi connectivity index (χ4n) is 1.93. The molecule has 2 aromatic rings. The molecular weight excluding hydrogens is 200 g/mol. The molecule has 0 aliphatic heterocycles. The van der Waals surface area contributed by atoms with Gasteiger partial charge in [-0.15, -0.1) is 5.10 Å². The maximum absolute atomic E-state index is 4.17. The molecule has 4 heteroatoms. The minimum Gasteiger partial charge on any atom is -0.337 e. The van der Waals surface area contributed by atoms with Gasteiger partial charge in [-0.2, -0.15) is 0 Å². The molecule has 3 rings (SSSR count). The Hall–Kier alpha value is -1.84. The fourth-order valence-corrected chi connectivity index (χ4v) is 1.93. The summed E-state index contributed by atoms with van der Waals surface area (Å²) in [7, 11) is 1.96. The zero-order chi connectivity index (χ0) is 11.0. The summed E-state index contributed by atoms with van der Waals surface area (Å²) in [5.74, 6) is 1.54. The third-order valence-corrected chi connectivity index (χ3v) is 2.87. The van der Waals surface area contributed by atoms with Crippen LogP contribution in [-0.4, -0.2) is 15.0 Å². The van der Waals surface area contributed by atoms with Gasteiger partial charge in [0.15, 0.2) is 5.82 Å². The summed E-state index contributed by atoms with van der Waals surface area (Å²) in [5.41, 5.74) is 2.29. The first-order chi connectivity index (χ1) is 7.84. The molecule has 4 nitrogen and oxygen atoms in total. The molecule has 1 heterocycles. The fraction of sp³-hybridized carbons (Fsp3) is 0.333. The smallest absolute Gasteiger partial charge is 0.176 e. The van der Waals surface area contributed by atoms with Crippen molar-refractivity contribution in [1.29, 1.82) is 0 Å². The van der Waals surface area contributed by atoms with E-state index in [9.17, 15) is 0 Å². The molecule has 0 unspecified atom stereocenters. The highest BCUT2D eigenvalue weighted by molar-refractivity contribution is 5.58. The van der Waals surface area contributed by atoms with E-state index in [1.807, 2.05) is 42.1 Å². The number of rotatable bonds is 3. The lowest BCUT2D eigenvalue weighted by Crippen LogP contribution is -1.99. The second-order valence-electron chi connectivity index (χ2n) is 4.21. The second kappa shape index (κ2) is 3.63. The lowest BCUT2D eigenvalue weighted by Gasteiger charge is -2.05. The van der Waals surface area contributed by atoms with Crippen molar-refractivity contribution in [2.75, 3.05) is 5.32 Å². The molecule has 1 aliphatic carbocycles. The number of hydrogen-bond acceptors (Lipinski definition) is 3. The van der Waals surface area contributed by atoms with Crippen LogP contribution >= 0.6 is 0 Å². The predicted octanol–water partition coefficient (Wildman–Crippen LogP) is 2.44. The van der Waals surface area contributed by atoms with Gasteiger partial charge in [0.25, 0.3) is 0 Å². The van der Waals surface area contributed by atoms with Crippen LogP contribution in [0.4, 0.5) is 11.5 Å². The van der Waals surface area contributed by atoms with Crippen LogP contribution in [0.2, 0.25) is 0 Å². The number of nitrogens with one attached hydrogen (secondary N) is 1. The Morgan fingerprint density at radius 2 is 2.00 bits per heavy atom. The molecule has 1 aromatic carbocycles. The van der Waals surface area contributed by atoms with Gasteiger partial charge in [0, 0.05) is 18.7 Å². The van der Waals surface area contributed by atoms with Crippen LogP contribution in [0, 0.1) is 0 Å². The Morgan fingerprint density at radius 3 is 2.69 bits per heavy atom. The highest BCUT2D eigenvalue weighted by Crippen LogP contribution is 2.42. The minimum absolute atomic E-state index is 0.645. The molecule has 0 radical (unpaired) electrons. The zero-order valence-corrected chi connectivity index (χ0v) is 9.22. The van der Waals surface area contributed by atoms with Gasteiger partial charge in [-0.05, 0) is 25.0 Å². The van der Waals surface area contributed by atoms with Gasteiger partial charge in [0.1, 0.15) is 0 Å². The van der Waals surface area contributed by atoms with Crippen LogP contribution in [0.3, 0.4) is 0 Å². The molecule has 0 spiro atoms. The Kier molecular flexibility index (Phi) is 2.13. The zero-order valence-electron chi connectivity index (χ0n) is 9.22. The standard InChI is InChI=1S/C12H14N4/c1-16-11(9-7-8-9)12(14-15-16)13-10-5-3-2-4-6-10/h2-6,9,13H,7-8H2,1H3. The SMILES string of the molecule is Cn1nnc(Nc2ccccc2)c1C1CC1. The molecule has 1 aliphatic rings. The van der Waals surface area contributed by atoms with E-state index in [-0.39, 0.29) is 0 Å². The molecule has 1 aromatic heterocycles. The Morgan fingerprint density at radius 1 is 1.25 bits per heavy atom. The molecular formula is C12H14N4. The topological polar surface area (TPSA) is 42.7 Å². The van der Waals surface area contributed by atoms with Gasteiger partial charge in [-0.3, -0.25) is 0 Å². The third kappa shape index (κ3) is 1.66. The van der Waals surface area contributed by atoms with E-state index in [1.165, 1.54) is 18.5 Å². The monoisotopic (exact) mass is 214 g/mol. The van der Waals surface area contributed by atoms with Crippen molar-refractivity contribution < 1.29 is 0 Å². The molecule has 1 fully saturated rings. The maximum atomic E-state index is 4.17. The van der Waals surface area contributed by atoms with Gasteiger partial charge < -0.3 is 5.32 Å². The van der Waals surface area contributed by atoms with Gasteiger partial charge in [-0.1, -0.05) is 23.4 Å². The molecule has 0 saturated heterocycles. The van der Waals surface area contributed by atoms with Crippen LogP contribution in [0.15, 0.2) is 30.3 Å². The Bertz CT molecular complexity index is 485. The predicted molar refractivity (Wildman–Crippen MR) is 62.7 cm³/mol. The van der Waals surface area contributed by atoms with Gasteiger partial charge in [0.05, 0.1) is 5.69 Å². The summed E-state index contributed by atoms with van der Waals surface area (Å²) < 4.78 is 1.88. The Balaban J connectivity index is 1.90. The Labute approximate surface area is 94.3 Å². The summed E-state index contributed by atoms with van der Waals surface area (Å²) in [6, 6.07) is 10.1. The third-order valence-electron chi connectivity index (χ3n) is 2.87. The average molecular weight is 214 g/mol. The van der Waals surface area contributed by atoms with Crippen molar-refractivity contribution in [3.8, 4) is 0 Å². The van der Waals surface area contributed by atoms with Crippen molar-refractivity contribution in [2.24, 2.45) is 7.05 Å². The first kappa shape index (κ1) is 9.39. The summed E-state index contributed by atoms with van der Waals surface area (Å²) >= 11 is 0. The first-order valence-corrected chi connectivity index (χ1v) is 5.56. The van der Waals surface area contributed by atoms with Crippen LogP contribution in [0.25, 0.3) is 0 Å². The molecule has 1 saturated carbocycles. The quantitative estimate of drug-likeness (QED) is 0.853. The highest BCUT2D eigenvalue weighted by atomic mass is 15.4. The number of anilines is 2. The molecule has 1 N–H and O–H groups in total. The largest absolute Gasteiger partial charge is 0.337 e. The van der Waals surface area contributed by atoms with Gasteiger partial charge in [-0.25, -0.2) is 4.68 Å². The maximum Gasteiger partial charge on any atom is 0.176 e. The van der Waals surface area contributed by atoms with E-state index in [0.717, 1.165) is 11.5 Å². The summed E-state index contributed by atoms with van der Waals surface area (Å²) in [6.07, 6.45) is 2.51. The number of hydrogen-bond donors (Lipinski definition) is 1. The van der Waals surface area contributed by atoms with E-state index in [1.54, 1.807) is 0 Å². The molecule has 0 atom stereocenters. The van der Waals surface area contributed by atoms with E-state index in [4.69, 9.17) is 0 Å². The van der Waals surface area contributed by atoms with Gasteiger partial charge in [0.2, 0.25) is 0 Å². The summed E-state index contributed by atoms with van der Waals surface area (Å²) in [6.45, 7) is 0. The van der Waals surface area contributed by atoms with Crippen molar-refractivity contribution >= 4 is 11.5 Å². The van der Waals surface area contributed by atoms with Crippen molar-refractivity contribution in [3.05, 3.63) is 36.0 Å². The van der Waals surface area contributed by atoms with Crippen molar-refractivity contribution in [2.45, 2.75) is 18.8 Å². The van der Waals surface area contributed by atoms with Crippen LogP contribution in [-0.2, 0) is 7.05 Å². The highest BCUT2D eigenvalue weighted by Gasteiger charge is 2.30. The normalized spacial score (nSPS) is 15.1. The van der Waals surface area contributed by atoms with Crippen molar-refractivity contribution in [1.82, 2.24) is 15.0 Å². The molecule has 82 valence electrons. The number of nitrogens with zero attached hydrogens (tertiary/aromatic N) is 3. The van der Waals surface area contributed by atoms with Crippen LogP contribution in [0.1, 0.15) is 24.5 Å². The van der Waals surface area contributed by atoms with Crippen LogP contribution < -0.4 is 5.32 Å². The van der Waals surface area contributed by atoms with Crippen LogP contribution in [0.5, 0.6) is 0 Å². The number of aryl methyl sites for hydroxylation is 1. The summed E-state index contributed by atoms with van der Waals surface area (Å²) in [4.78, 5) is 0. The number of aromatic nitrogens is 3. The lowest BCUT2D eigenvalue weighted by molar-refractivity contribution is 0.679. The van der Waals surface area contributed by atoms with E-state index in [0.29, 0.717) is 5.92 Å². The number of para-hydroxylation sites is 1. The van der Waals surface area contributed by atoms with Gasteiger partial charge >= 0.3 is 0 Å². The number of benzene rings is 1. The second-order valence-corrected chi connectivity index (χ2v) is 4.21. The van der Waals surface area contributed by atoms with Crippen molar-refractivity contribution in [3.63, 3.8) is 0 Å². The average Bonchev–Trinajstić information content (AvgIpc) is 3.07. The molecule has 16 heavy (non-hydrogen) atoms. The first-order valence-electron chi connectivity index (χ1n) is 5.56. The van der Waals surface area contributed by atoms with E-state index >= 15 is 0 Å².